The first-order chi connectivity index (χ1) is 12.8. The molecule has 1 aliphatic heterocycles. The van der Waals surface area contributed by atoms with Crippen LogP contribution in [0.4, 0.5) is 5.82 Å². The summed E-state index contributed by atoms with van der Waals surface area (Å²) < 4.78 is 11.4. The highest BCUT2D eigenvalue weighted by Gasteiger charge is 2.60. The van der Waals surface area contributed by atoms with Crippen LogP contribution in [-0.4, -0.2) is 62.7 Å². The Hall–Kier alpha value is -2.79. The number of ether oxygens (including phenoxy) is 2. The SMILES string of the molecule is COc1ccc(C(=O)[C@@]2(n3ccc(N)nc3=O)O[C@H](CO)[C@@H](O)[C@H]2O)cc1. The lowest BCUT2D eigenvalue weighted by molar-refractivity contribution is -0.117. The summed E-state index contributed by atoms with van der Waals surface area (Å²) in [4.78, 5) is 29.2. The molecule has 10 heteroatoms. The highest BCUT2D eigenvalue weighted by molar-refractivity contribution is 6.01. The first-order valence-corrected chi connectivity index (χ1v) is 8.04. The van der Waals surface area contributed by atoms with Gasteiger partial charge in [0.15, 0.2) is 0 Å². The number of carbonyl (C=O) groups excluding carboxylic acids is 1. The Labute approximate surface area is 153 Å². The molecular weight excluding hydrogens is 358 g/mol. The largest absolute Gasteiger partial charge is 0.497 e. The Bertz CT molecular complexity index is 898. The molecule has 1 aromatic carbocycles. The summed E-state index contributed by atoms with van der Waals surface area (Å²) >= 11 is 0. The summed E-state index contributed by atoms with van der Waals surface area (Å²) in [5.41, 5.74) is 2.30. The number of hydrogen-bond acceptors (Lipinski definition) is 9. The van der Waals surface area contributed by atoms with Crippen LogP contribution in [-0.2, 0) is 10.5 Å². The Morgan fingerprint density at radius 2 is 2.00 bits per heavy atom. The zero-order valence-corrected chi connectivity index (χ0v) is 14.3. The van der Waals surface area contributed by atoms with Crippen LogP contribution < -0.4 is 16.2 Å². The molecule has 5 N–H and O–H groups in total. The van der Waals surface area contributed by atoms with Gasteiger partial charge in [-0.05, 0) is 30.3 Å². The van der Waals surface area contributed by atoms with Crippen molar-refractivity contribution in [3.8, 4) is 5.75 Å². The van der Waals surface area contributed by atoms with Crippen molar-refractivity contribution in [3.05, 3.63) is 52.6 Å². The number of nitrogens with two attached hydrogens (primary N) is 1. The average Bonchev–Trinajstić information content (AvgIpc) is 2.93. The number of methoxy groups -OCH3 is 1. The van der Waals surface area contributed by atoms with Crippen LogP contribution in [0.5, 0.6) is 5.75 Å². The van der Waals surface area contributed by atoms with Gasteiger partial charge < -0.3 is 30.5 Å². The van der Waals surface area contributed by atoms with E-state index < -0.39 is 42.1 Å². The van der Waals surface area contributed by atoms with Crippen molar-refractivity contribution in [2.24, 2.45) is 0 Å². The van der Waals surface area contributed by atoms with E-state index in [0.29, 0.717) is 5.75 Å². The van der Waals surface area contributed by atoms with Crippen molar-refractivity contribution < 1.29 is 29.6 Å². The summed E-state index contributed by atoms with van der Waals surface area (Å²) in [7, 11) is 1.46. The molecule has 144 valence electrons. The van der Waals surface area contributed by atoms with E-state index in [9.17, 15) is 24.9 Å². The van der Waals surface area contributed by atoms with E-state index in [1.54, 1.807) is 0 Å². The third kappa shape index (κ3) is 2.98. The standard InChI is InChI=1S/C17H19N3O7/c1-26-10-4-2-9(3-5-10)14(23)17(15(24)13(22)11(8-21)27-17)20-7-6-12(18)19-16(20)25/h2-7,11,13,15,21-22,24H,8H2,1H3,(H2,18,19,25)/t11-,13-,15-,17-/m1/s1. The molecular formula is C17H19N3O7. The number of aliphatic hydroxyl groups excluding tert-OH is 3. The number of Topliss-reactive ketones (excluding diaryl/α,β-unsaturated/α-hetero) is 1. The lowest BCUT2D eigenvalue weighted by Gasteiger charge is -2.32. The van der Waals surface area contributed by atoms with Gasteiger partial charge in [-0.3, -0.25) is 9.36 Å². The molecule has 27 heavy (non-hydrogen) atoms. The van der Waals surface area contributed by atoms with E-state index in [0.717, 1.165) is 10.8 Å². The summed E-state index contributed by atoms with van der Waals surface area (Å²) in [6, 6.07) is 7.14. The summed E-state index contributed by atoms with van der Waals surface area (Å²) in [6.45, 7) is -0.674. The molecule has 0 aliphatic carbocycles. The molecule has 0 unspecified atom stereocenters. The molecule has 2 aromatic rings. The van der Waals surface area contributed by atoms with E-state index in [1.165, 1.54) is 37.4 Å². The molecule has 1 saturated heterocycles. The van der Waals surface area contributed by atoms with E-state index in [2.05, 4.69) is 4.98 Å². The van der Waals surface area contributed by atoms with E-state index >= 15 is 0 Å². The van der Waals surface area contributed by atoms with Gasteiger partial charge in [0, 0.05) is 11.8 Å². The highest BCUT2D eigenvalue weighted by atomic mass is 16.6. The van der Waals surface area contributed by atoms with Gasteiger partial charge in [0.25, 0.3) is 0 Å². The van der Waals surface area contributed by atoms with Gasteiger partial charge in [0.1, 0.15) is 29.9 Å². The number of hydrogen-bond donors (Lipinski definition) is 4. The maximum absolute atomic E-state index is 13.3. The monoisotopic (exact) mass is 377 g/mol. The van der Waals surface area contributed by atoms with E-state index in [1.807, 2.05) is 0 Å². The fourth-order valence-electron chi connectivity index (χ4n) is 3.07. The summed E-state index contributed by atoms with van der Waals surface area (Å²) in [5.74, 6) is -0.399. The highest BCUT2D eigenvalue weighted by Crippen LogP contribution is 2.38. The van der Waals surface area contributed by atoms with Crippen LogP contribution in [0.15, 0.2) is 41.3 Å². The van der Waals surface area contributed by atoms with Crippen molar-refractivity contribution >= 4 is 11.6 Å². The van der Waals surface area contributed by atoms with E-state index in [4.69, 9.17) is 15.2 Å². The normalized spacial score (nSPS) is 27.5. The maximum Gasteiger partial charge on any atom is 0.352 e. The second-order valence-electron chi connectivity index (χ2n) is 6.03. The third-order valence-corrected chi connectivity index (χ3v) is 4.48. The molecule has 3 rings (SSSR count). The van der Waals surface area contributed by atoms with Gasteiger partial charge in [0.05, 0.1) is 13.7 Å². The number of ketones is 1. The summed E-state index contributed by atoms with van der Waals surface area (Å²) in [5, 5.41) is 30.3. The molecule has 1 aliphatic rings. The van der Waals surface area contributed by atoms with Crippen molar-refractivity contribution in [1.29, 1.82) is 0 Å². The van der Waals surface area contributed by atoms with Crippen molar-refractivity contribution in [3.63, 3.8) is 0 Å². The van der Waals surface area contributed by atoms with Gasteiger partial charge in [-0.25, -0.2) is 4.79 Å². The second kappa shape index (κ2) is 7.08. The van der Waals surface area contributed by atoms with Gasteiger partial charge in [-0.15, -0.1) is 0 Å². The fraction of sp³-hybridized carbons (Fsp3) is 0.353. The van der Waals surface area contributed by atoms with Crippen molar-refractivity contribution in [2.75, 3.05) is 19.5 Å². The Balaban J connectivity index is 2.18. The molecule has 1 aromatic heterocycles. The quantitative estimate of drug-likeness (QED) is 0.454. The molecule has 0 saturated carbocycles. The van der Waals surface area contributed by atoms with Crippen LogP contribution in [0.25, 0.3) is 0 Å². The number of carbonyl (C=O) groups is 1. The topological polar surface area (TPSA) is 157 Å². The molecule has 0 amide bonds. The smallest absolute Gasteiger partial charge is 0.352 e. The number of aliphatic hydroxyl groups is 3. The van der Waals surface area contributed by atoms with Crippen LogP contribution in [0, 0.1) is 0 Å². The Morgan fingerprint density at radius 3 is 2.52 bits per heavy atom. The minimum atomic E-state index is -2.32. The first-order valence-electron chi connectivity index (χ1n) is 8.04. The summed E-state index contributed by atoms with van der Waals surface area (Å²) in [6.07, 6.45) is -3.59. The van der Waals surface area contributed by atoms with Gasteiger partial charge >= 0.3 is 5.69 Å². The molecule has 0 radical (unpaired) electrons. The van der Waals surface area contributed by atoms with Crippen LogP contribution in [0.1, 0.15) is 10.4 Å². The molecule has 10 nitrogen and oxygen atoms in total. The first kappa shape index (κ1) is 19.0. The molecule has 0 bridgehead atoms. The number of nitrogens with zero attached hydrogens (tertiary/aromatic N) is 2. The van der Waals surface area contributed by atoms with Crippen molar-refractivity contribution in [1.82, 2.24) is 9.55 Å². The van der Waals surface area contributed by atoms with E-state index in [-0.39, 0.29) is 11.4 Å². The van der Waals surface area contributed by atoms with Gasteiger partial charge in [0.2, 0.25) is 11.5 Å². The predicted molar refractivity (Wildman–Crippen MR) is 92.2 cm³/mol. The Kier molecular flexibility index (Phi) is 4.98. The maximum atomic E-state index is 13.3. The lowest BCUT2D eigenvalue weighted by atomic mass is 9.93. The zero-order valence-electron chi connectivity index (χ0n) is 14.3. The fourth-order valence-corrected chi connectivity index (χ4v) is 3.07. The minimum absolute atomic E-state index is 0.0874. The third-order valence-electron chi connectivity index (χ3n) is 4.48. The minimum Gasteiger partial charge on any atom is -0.497 e. The zero-order chi connectivity index (χ0) is 19.8. The van der Waals surface area contributed by atoms with Gasteiger partial charge in [-0.2, -0.15) is 4.98 Å². The number of anilines is 1. The van der Waals surface area contributed by atoms with Gasteiger partial charge in [-0.1, -0.05) is 0 Å². The molecule has 0 spiro atoms. The lowest BCUT2D eigenvalue weighted by Crippen LogP contribution is -2.56. The van der Waals surface area contributed by atoms with Crippen LogP contribution in [0.3, 0.4) is 0 Å². The van der Waals surface area contributed by atoms with Crippen LogP contribution >= 0.6 is 0 Å². The molecule has 4 atom stereocenters. The second-order valence-corrected chi connectivity index (χ2v) is 6.03. The Morgan fingerprint density at radius 1 is 1.33 bits per heavy atom. The predicted octanol–water partition coefficient (Wildman–Crippen LogP) is -1.52. The molecule has 1 fully saturated rings. The van der Waals surface area contributed by atoms with Crippen LogP contribution in [0.2, 0.25) is 0 Å². The van der Waals surface area contributed by atoms with Crippen molar-refractivity contribution in [2.45, 2.75) is 24.0 Å². The molecule has 2 heterocycles. The number of aromatic nitrogens is 2. The average molecular weight is 377 g/mol. The number of rotatable bonds is 5. The number of nitrogen functional groups attached to an aromatic ring is 1. The number of benzene rings is 1.